The fourth-order valence-corrected chi connectivity index (χ4v) is 25.0. The quantitative estimate of drug-likeness (QED) is 0.0365. The van der Waals surface area contributed by atoms with E-state index in [-0.39, 0.29) is 90.9 Å². The molecular weight excluding hydrogens is 1980 g/mol. The van der Waals surface area contributed by atoms with Crippen molar-refractivity contribution in [1.29, 1.82) is 0 Å². The van der Waals surface area contributed by atoms with Crippen molar-refractivity contribution >= 4 is 120 Å². The molecule has 15 aliphatic rings. The number of amides is 15. The molecule has 0 unspecified atom stereocenters. The molecule has 9 fully saturated rings. The number of sulfonamides is 3. The van der Waals surface area contributed by atoms with Gasteiger partial charge in [0, 0.05) is 76.3 Å². The van der Waals surface area contributed by atoms with Crippen LogP contribution in [0.4, 0.5) is 41.9 Å². The molecule has 0 radical (unpaired) electrons. The zero-order valence-electron chi connectivity index (χ0n) is 82.0. The molecule has 18 rings (SSSR count). The molecule has 3 aromatic rings. The standard InChI is InChI=1S/C34H45N5O9S.C33H43N5O9S.C32H38F3N5O9S/c1-3-5-12-27-30(41)39-19-24(16-28(39)29(40)36-34(17-23(34)4-2)31(42)37-49(45,46)25-13-14-25)48-33(44)38-18-22-11-8-10-21(26(22)20-38)9-6-7-15-47-32(43)35-27;1-4-22-15-33(22,30(41)36-48(44,45)24-11-12-24)35-28(39)26-14-23-17-38(26)29(40)27(19(2)3)34-31(42)46-13-6-5-8-20-9-7-10-21-16-37(18-25(20)21)32(43)47-23;1-2-20-13-31(20,28(43)38-50(46,47)22-9-10-22)37-26(41)25-12-21-16-40(25)27(42)24(14-32(33,34)35)36-29(44)48-11-4-3-6-18-7-5-8-19-15-39(17-23(18)19)30(45)49-21/h4,8,10-11,23-25,27-28H,2-3,5-7,9,12-20H2,1H3,(H,35,43)(H,36,40)(H,37,42);4,7,9-10,19,22-24,26-27H,1,5-6,8,11-18H2,2-3H3,(H,34,42)(H,35,39)(H,36,41);2,5,7-8,20-22,24-25H,1,3-4,6,9-17H2,(H,36,44)(H,37,41)(H,38,43)/t23-,24-,27+,28+,34-;22-,23-,26+,27+,33-;20-,21-,24+,25+,31-/m111/s1. The fraction of sp³-hybridized carbons (Fsp3) is 0.606. The van der Waals surface area contributed by atoms with E-state index in [1.807, 2.05) is 71.6 Å². The third kappa shape index (κ3) is 24.5. The van der Waals surface area contributed by atoms with Crippen LogP contribution in [0.15, 0.2) is 92.6 Å². The van der Waals surface area contributed by atoms with Gasteiger partial charge in [-0.15, -0.1) is 19.7 Å². The average Bonchev–Trinajstić information content (AvgIpc) is 1.58. The number of carbonyl (C=O) groups is 15. The lowest BCUT2D eigenvalue weighted by Gasteiger charge is -2.31. The first-order valence-corrected chi connectivity index (χ1v) is 55.0. The van der Waals surface area contributed by atoms with Gasteiger partial charge >= 0.3 is 42.7 Å². The number of alkyl carbamates (subject to hydrolysis) is 3. The molecule has 9 heterocycles. The Morgan fingerprint density at radius 1 is 0.442 bits per heavy atom. The normalized spacial score (nSPS) is 29.0. The van der Waals surface area contributed by atoms with E-state index in [4.69, 9.17) is 28.4 Å². The molecule has 15 atom stereocenters. The van der Waals surface area contributed by atoms with Gasteiger partial charge in [0.2, 0.25) is 65.5 Å². The SMILES string of the molecule is C=C[C@@H]1C[C@]1(NC(=O)[C@@H]1C[C@@H]2CN1C(=O)[C@H](C(C)C)NC(=O)OCCCCc1cccc3c1CN(C3)C(=O)O2)C(=O)NS(=O)(=O)C1CC1.C=C[C@@H]1C[C@]1(NC(=O)[C@@H]1C[C@@H]2CN1C(=O)[C@H](CC(F)(F)F)NC(=O)OCCCCc1cccc3c1CN(C3)C(=O)O2)C(=O)NS(=O)(=O)C1CC1.C=C[C@@H]1C[C@]1(NC(=O)[C@@H]1C[C@@H]2CN1C(=O)[C@H](CCCC)NC(=O)OCCCCc1cccc3c1CN(C3)C(=O)O2)C(=O)NS(=O)(=O)C1CC1. The predicted octanol–water partition coefficient (Wildman–Crippen LogP) is 6.42. The number of aryl methyl sites for hydroxylation is 3. The predicted molar refractivity (Wildman–Crippen MR) is 515 cm³/mol. The molecule has 42 nitrogen and oxygen atoms in total. The van der Waals surface area contributed by atoms with Crippen molar-refractivity contribution < 1.29 is 139 Å². The Bertz CT molecular complexity index is 6100. The third-order valence-electron chi connectivity index (χ3n) is 30.0. The van der Waals surface area contributed by atoms with Gasteiger partial charge in [-0.05, 0) is 178 Å². The summed E-state index contributed by atoms with van der Waals surface area (Å²) in [5.74, 6) is -9.66. The zero-order chi connectivity index (χ0) is 105. The maximum absolute atomic E-state index is 14.1. The number of halogens is 3. The van der Waals surface area contributed by atoms with Crippen LogP contribution in [0, 0.1) is 23.7 Å². The van der Waals surface area contributed by atoms with Crippen molar-refractivity contribution in [3.63, 3.8) is 0 Å². The Kier molecular flexibility index (Phi) is 31.8. The molecule has 15 amide bonds. The van der Waals surface area contributed by atoms with Crippen LogP contribution in [0.2, 0.25) is 0 Å². The first kappa shape index (κ1) is 107. The number of fused-ring (bicyclic) bond motifs is 9. The van der Waals surface area contributed by atoms with Crippen LogP contribution >= 0.6 is 0 Å². The molecule has 0 spiro atoms. The second-order valence-electron chi connectivity index (χ2n) is 41.0. The average molecular weight is 2110 g/mol. The summed E-state index contributed by atoms with van der Waals surface area (Å²) in [5, 5.41) is 13.3. The van der Waals surface area contributed by atoms with Crippen molar-refractivity contribution in [3.8, 4) is 0 Å². The number of unbranched alkanes of at least 4 members (excludes halogenated alkanes) is 1. The van der Waals surface area contributed by atoms with Crippen molar-refractivity contribution in [1.82, 2.24) is 75.5 Å². The minimum atomic E-state index is -4.92. The van der Waals surface area contributed by atoms with E-state index in [0.29, 0.717) is 103 Å². The maximum Gasteiger partial charge on any atom is 0.410 e. The molecule has 6 saturated carbocycles. The lowest BCUT2D eigenvalue weighted by Crippen LogP contribution is -2.59. The van der Waals surface area contributed by atoms with E-state index in [9.17, 15) is 110 Å². The van der Waals surface area contributed by atoms with Crippen LogP contribution < -0.4 is 46.1 Å². The molecule has 9 N–H and O–H groups in total. The molecule has 12 bridgehead atoms. The van der Waals surface area contributed by atoms with E-state index in [2.05, 4.69) is 55.8 Å². The highest BCUT2D eigenvalue weighted by Gasteiger charge is 2.66. The summed E-state index contributed by atoms with van der Waals surface area (Å²) in [6.07, 6.45) is -0.184. The Hall–Kier alpha value is -12.6. The van der Waals surface area contributed by atoms with Crippen LogP contribution in [0.25, 0.3) is 0 Å². The third-order valence-corrected chi connectivity index (χ3v) is 35.5. The number of hydrogen-bond donors (Lipinski definition) is 9. The molecule has 0 aromatic heterocycles. The van der Waals surface area contributed by atoms with Gasteiger partial charge in [-0.25, -0.2) is 54.0 Å². The van der Waals surface area contributed by atoms with Crippen molar-refractivity contribution in [2.75, 3.05) is 39.5 Å². The Balaban J connectivity index is 0.000000158. The van der Waals surface area contributed by atoms with Gasteiger partial charge in [0.15, 0.2) is 0 Å². The van der Waals surface area contributed by atoms with Gasteiger partial charge in [-0.1, -0.05) is 106 Å². The van der Waals surface area contributed by atoms with Crippen molar-refractivity contribution in [2.45, 2.75) is 314 Å². The number of hydrogen-bond acceptors (Lipinski definition) is 27. The lowest BCUT2D eigenvalue weighted by atomic mass is 9.99. The molecule has 3 aromatic carbocycles. The van der Waals surface area contributed by atoms with Crippen LogP contribution in [0.3, 0.4) is 0 Å². The van der Waals surface area contributed by atoms with Crippen LogP contribution in [-0.2, 0) is 160 Å². The number of rotatable bonds is 23. The summed E-state index contributed by atoms with van der Waals surface area (Å²) >= 11 is 0. The highest BCUT2D eigenvalue weighted by molar-refractivity contribution is 7.91. The number of cyclic esters (lactones) is 3. The number of alkyl halides is 3. The molecule has 9 aliphatic heterocycles. The second-order valence-corrected chi connectivity index (χ2v) is 46.9. The summed E-state index contributed by atoms with van der Waals surface area (Å²) < 4.78 is 156. The molecule has 147 heavy (non-hydrogen) atoms. The lowest BCUT2D eigenvalue weighted by molar-refractivity contribution is -0.155. The minimum absolute atomic E-state index is 0.0189. The topological polar surface area (TPSA) is 542 Å². The van der Waals surface area contributed by atoms with Gasteiger partial charge in [0.1, 0.15) is 71.2 Å². The van der Waals surface area contributed by atoms with E-state index in [1.54, 1.807) is 23.6 Å². The molecule has 6 aliphatic carbocycles. The van der Waals surface area contributed by atoms with Crippen LogP contribution in [-0.4, -0.2) is 277 Å². The largest absolute Gasteiger partial charge is 0.450 e. The second kappa shape index (κ2) is 43.7. The summed E-state index contributed by atoms with van der Waals surface area (Å²) in [7, 11) is -11.8. The summed E-state index contributed by atoms with van der Waals surface area (Å²) in [5.41, 5.74) is 4.39. The van der Waals surface area contributed by atoms with Crippen LogP contribution in [0.5, 0.6) is 0 Å². The number of nitrogens with zero attached hydrogens (tertiary/aromatic N) is 6. The van der Waals surface area contributed by atoms with Crippen molar-refractivity contribution in [3.05, 3.63) is 143 Å². The highest BCUT2D eigenvalue weighted by Crippen LogP contribution is 2.49. The van der Waals surface area contributed by atoms with E-state index in [1.165, 1.54) is 32.9 Å². The first-order valence-electron chi connectivity index (χ1n) is 50.3. The summed E-state index contributed by atoms with van der Waals surface area (Å²) in [6.45, 7) is 17.9. The number of ether oxygens (including phenoxy) is 6. The molecular formula is C99H126F3N15O27S3. The molecule has 48 heteroatoms. The van der Waals surface area contributed by atoms with E-state index >= 15 is 0 Å². The van der Waals surface area contributed by atoms with Gasteiger partial charge in [0.05, 0.1) is 61.6 Å². The Labute approximate surface area is 848 Å². The number of benzene rings is 3. The van der Waals surface area contributed by atoms with Gasteiger partial charge in [-0.2, -0.15) is 13.2 Å². The maximum atomic E-state index is 14.1. The number of nitrogens with one attached hydrogen (secondary N) is 9. The van der Waals surface area contributed by atoms with E-state index in [0.717, 1.165) is 87.1 Å². The highest BCUT2D eigenvalue weighted by atomic mass is 32.2. The fourth-order valence-electron chi connectivity index (χ4n) is 20.9. The Morgan fingerprint density at radius 2 is 0.748 bits per heavy atom. The summed E-state index contributed by atoms with van der Waals surface area (Å²) in [6, 6.07) is 9.41. The number of carbonyl (C=O) groups excluding carboxylic acids is 15. The molecule has 3 saturated heterocycles. The minimum Gasteiger partial charge on any atom is -0.450 e. The van der Waals surface area contributed by atoms with Gasteiger partial charge in [0.25, 0.3) is 17.7 Å². The van der Waals surface area contributed by atoms with Crippen LogP contribution in [0.1, 0.15) is 212 Å². The van der Waals surface area contributed by atoms with Crippen molar-refractivity contribution in [2.24, 2.45) is 23.7 Å². The van der Waals surface area contributed by atoms with Gasteiger partial charge < -0.3 is 75.0 Å². The van der Waals surface area contributed by atoms with E-state index < -0.39 is 250 Å². The molecule has 798 valence electrons. The Morgan fingerprint density at radius 3 is 1.05 bits per heavy atom. The summed E-state index contributed by atoms with van der Waals surface area (Å²) in [4.78, 5) is 210. The van der Waals surface area contributed by atoms with Gasteiger partial charge in [-0.3, -0.25) is 72.0 Å². The first-order chi connectivity index (χ1) is 69.9. The zero-order valence-corrected chi connectivity index (χ0v) is 84.5. The smallest absolute Gasteiger partial charge is 0.410 e. The monoisotopic (exact) mass is 2110 g/mol.